The van der Waals surface area contributed by atoms with Crippen molar-refractivity contribution in [1.29, 1.82) is 0 Å². The van der Waals surface area contributed by atoms with Crippen LogP contribution in [0.4, 0.5) is 8.78 Å². The fraction of sp³-hybridized carbons (Fsp3) is 0.625. The maximum Gasteiger partial charge on any atom is 0.126 e. The number of halogens is 2. The van der Waals surface area contributed by atoms with Gasteiger partial charge >= 0.3 is 0 Å². The highest BCUT2D eigenvalue weighted by atomic mass is 19.1. The second-order valence-electron chi connectivity index (χ2n) is 6.04. The first-order valence-corrected chi connectivity index (χ1v) is 7.63. The third-order valence-corrected chi connectivity index (χ3v) is 4.59. The molecule has 20 heavy (non-hydrogen) atoms. The summed E-state index contributed by atoms with van der Waals surface area (Å²) in [5.41, 5.74) is 0.730. The summed E-state index contributed by atoms with van der Waals surface area (Å²) in [7, 11) is 0. The lowest BCUT2D eigenvalue weighted by Gasteiger charge is -2.35. The van der Waals surface area contributed by atoms with Gasteiger partial charge in [-0.05, 0) is 69.4 Å². The van der Waals surface area contributed by atoms with Crippen molar-refractivity contribution in [2.75, 3.05) is 19.6 Å². The van der Waals surface area contributed by atoms with Crippen molar-refractivity contribution < 1.29 is 8.78 Å². The normalized spacial score (nSPS) is 26.7. The quantitative estimate of drug-likeness (QED) is 0.912. The molecule has 4 heteroatoms. The molecule has 1 aromatic rings. The summed E-state index contributed by atoms with van der Waals surface area (Å²) >= 11 is 0. The van der Waals surface area contributed by atoms with E-state index >= 15 is 0 Å². The first kappa shape index (κ1) is 14.0. The van der Waals surface area contributed by atoms with Crippen LogP contribution in [0.1, 0.15) is 31.2 Å². The van der Waals surface area contributed by atoms with Crippen molar-refractivity contribution in [2.24, 2.45) is 0 Å². The molecule has 0 saturated carbocycles. The maximum atomic E-state index is 13.1. The number of hydrogen-bond acceptors (Lipinski definition) is 2. The third kappa shape index (κ3) is 3.36. The molecule has 1 N–H and O–H groups in total. The fourth-order valence-electron chi connectivity index (χ4n) is 3.59. The molecule has 0 bridgehead atoms. The molecule has 2 aliphatic rings. The number of hydrogen-bond donors (Lipinski definition) is 1. The second kappa shape index (κ2) is 6.19. The van der Waals surface area contributed by atoms with Gasteiger partial charge in [0.25, 0.3) is 0 Å². The van der Waals surface area contributed by atoms with Crippen LogP contribution < -0.4 is 5.32 Å². The lowest BCUT2D eigenvalue weighted by molar-refractivity contribution is 0.167. The minimum atomic E-state index is -0.487. The van der Waals surface area contributed by atoms with E-state index in [2.05, 4.69) is 10.2 Å². The maximum absolute atomic E-state index is 13.1. The Labute approximate surface area is 119 Å². The van der Waals surface area contributed by atoms with Gasteiger partial charge in [0.1, 0.15) is 11.6 Å². The zero-order valence-corrected chi connectivity index (χ0v) is 11.7. The number of nitrogens with zero attached hydrogens (tertiary/aromatic N) is 1. The third-order valence-electron chi connectivity index (χ3n) is 4.59. The first-order valence-electron chi connectivity index (χ1n) is 7.63. The molecule has 0 spiro atoms. The number of fused-ring (bicyclic) bond motifs is 1. The van der Waals surface area contributed by atoms with E-state index < -0.39 is 11.6 Å². The van der Waals surface area contributed by atoms with Gasteiger partial charge in [0, 0.05) is 18.2 Å². The van der Waals surface area contributed by atoms with Crippen LogP contribution in [0.3, 0.4) is 0 Å². The van der Waals surface area contributed by atoms with E-state index in [1.807, 2.05) is 0 Å². The molecule has 2 aliphatic heterocycles. The van der Waals surface area contributed by atoms with Crippen LogP contribution in [-0.4, -0.2) is 36.6 Å². The van der Waals surface area contributed by atoms with E-state index in [1.54, 1.807) is 0 Å². The average molecular weight is 280 g/mol. The van der Waals surface area contributed by atoms with Gasteiger partial charge in [-0.3, -0.25) is 0 Å². The summed E-state index contributed by atoms with van der Waals surface area (Å²) in [6.07, 6.45) is 5.75. The van der Waals surface area contributed by atoms with Gasteiger partial charge in [-0.1, -0.05) is 0 Å². The highest BCUT2D eigenvalue weighted by Crippen LogP contribution is 2.26. The van der Waals surface area contributed by atoms with Crippen LogP contribution in [0.5, 0.6) is 0 Å². The van der Waals surface area contributed by atoms with Crippen LogP contribution in [0, 0.1) is 11.6 Å². The Morgan fingerprint density at radius 1 is 1.10 bits per heavy atom. The second-order valence-corrected chi connectivity index (χ2v) is 6.04. The van der Waals surface area contributed by atoms with E-state index in [1.165, 1.54) is 50.9 Å². The minimum Gasteiger partial charge on any atom is -0.314 e. The average Bonchev–Trinajstić information content (AvgIpc) is 2.85. The van der Waals surface area contributed by atoms with E-state index in [-0.39, 0.29) is 0 Å². The topological polar surface area (TPSA) is 15.3 Å². The number of nitrogens with one attached hydrogen (secondary N) is 1. The molecule has 1 aromatic carbocycles. The van der Waals surface area contributed by atoms with Gasteiger partial charge in [0.05, 0.1) is 0 Å². The van der Waals surface area contributed by atoms with Gasteiger partial charge in [-0.25, -0.2) is 8.78 Å². The molecule has 3 rings (SSSR count). The van der Waals surface area contributed by atoms with Crippen molar-refractivity contribution in [3.05, 3.63) is 35.4 Å². The molecule has 0 radical (unpaired) electrons. The Morgan fingerprint density at radius 2 is 1.90 bits per heavy atom. The summed E-state index contributed by atoms with van der Waals surface area (Å²) in [5, 5.41) is 3.55. The predicted molar refractivity (Wildman–Crippen MR) is 75.7 cm³/mol. The van der Waals surface area contributed by atoms with Gasteiger partial charge in [-0.2, -0.15) is 0 Å². The standard InChI is InChI=1S/C16H22F2N2/c17-13-8-12(9-14(18)10-13)3-5-19-15-4-7-20-6-1-2-16(20)11-15/h8-10,15-16,19H,1-7,11H2. The molecule has 2 fully saturated rings. The van der Waals surface area contributed by atoms with Gasteiger partial charge < -0.3 is 10.2 Å². The Kier molecular flexibility index (Phi) is 4.32. The summed E-state index contributed by atoms with van der Waals surface area (Å²) in [6, 6.07) is 5.09. The molecule has 0 aliphatic carbocycles. The van der Waals surface area contributed by atoms with Gasteiger partial charge in [0.15, 0.2) is 0 Å². The molecule has 0 amide bonds. The van der Waals surface area contributed by atoms with Crippen LogP contribution in [-0.2, 0) is 6.42 Å². The van der Waals surface area contributed by atoms with E-state index in [0.29, 0.717) is 12.5 Å². The SMILES string of the molecule is Fc1cc(F)cc(CCNC2CCN3CCCC3C2)c1. The van der Waals surface area contributed by atoms with E-state index in [9.17, 15) is 8.78 Å². The minimum absolute atomic E-state index is 0.487. The first-order chi connectivity index (χ1) is 9.70. The highest BCUT2D eigenvalue weighted by Gasteiger charge is 2.31. The summed E-state index contributed by atoms with van der Waals surface area (Å²) < 4.78 is 26.2. The van der Waals surface area contributed by atoms with Crippen molar-refractivity contribution >= 4 is 0 Å². The Morgan fingerprint density at radius 3 is 2.70 bits per heavy atom. The molecule has 2 unspecified atom stereocenters. The lowest BCUT2D eigenvalue weighted by atomic mass is 9.97. The molecule has 2 heterocycles. The van der Waals surface area contributed by atoms with E-state index in [0.717, 1.165) is 24.2 Å². The smallest absolute Gasteiger partial charge is 0.126 e. The van der Waals surface area contributed by atoms with Crippen molar-refractivity contribution in [3.8, 4) is 0 Å². The summed E-state index contributed by atoms with van der Waals surface area (Å²) in [4.78, 5) is 2.60. The van der Waals surface area contributed by atoms with Crippen LogP contribution in [0.25, 0.3) is 0 Å². The van der Waals surface area contributed by atoms with Crippen LogP contribution in [0.2, 0.25) is 0 Å². The Hall–Kier alpha value is -1.00. The Bertz CT molecular complexity index is 444. The Balaban J connectivity index is 1.45. The number of piperidine rings is 1. The molecular weight excluding hydrogens is 258 g/mol. The van der Waals surface area contributed by atoms with E-state index in [4.69, 9.17) is 0 Å². The van der Waals surface area contributed by atoms with Crippen molar-refractivity contribution in [1.82, 2.24) is 10.2 Å². The van der Waals surface area contributed by atoms with Crippen LogP contribution in [0.15, 0.2) is 18.2 Å². The highest BCUT2D eigenvalue weighted by molar-refractivity contribution is 5.18. The molecule has 2 saturated heterocycles. The van der Waals surface area contributed by atoms with Crippen LogP contribution >= 0.6 is 0 Å². The summed E-state index contributed by atoms with van der Waals surface area (Å²) in [6.45, 7) is 3.25. The van der Waals surface area contributed by atoms with Crippen molar-refractivity contribution in [3.63, 3.8) is 0 Å². The monoisotopic (exact) mass is 280 g/mol. The predicted octanol–water partition coefficient (Wildman–Crippen LogP) is 2.72. The zero-order chi connectivity index (χ0) is 13.9. The molecule has 2 nitrogen and oxygen atoms in total. The van der Waals surface area contributed by atoms with Crippen molar-refractivity contribution in [2.45, 2.75) is 44.2 Å². The van der Waals surface area contributed by atoms with Gasteiger partial charge in [0.2, 0.25) is 0 Å². The lowest BCUT2D eigenvalue weighted by Crippen LogP contribution is -2.46. The molecular formula is C16H22F2N2. The number of benzene rings is 1. The molecule has 110 valence electrons. The molecule has 0 aromatic heterocycles. The fourth-order valence-corrected chi connectivity index (χ4v) is 3.59. The van der Waals surface area contributed by atoms with Gasteiger partial charge in [-0.15, -0.1) is 0 Å². The zero-order valence-electron chi connectivity index (χ0n) is 11.7. The number of rotatable bonds is 4. The largest absolute Gasteiger partial charge is 0.314 e. The summed E-state index contributed by atoms with van der Waals surface area (Å²) in [5.74, 6) is -0.974. The molecule has 2 atom stereocenters.